The second kappa shape index (κ2) is 7.33. The Morgan fingerprint density at radius 2 is 2.22 bits per heavy atom. The van der Waals surface area contributed by atoms with Gasteiger partial charge in [-0.2, -0.15) is 0 Å². The van der Waals surface area contributed by atoms with Gasteiger partial charge in [0, 0.05) is 35.2 Å². The van der Waals surface area contributed by atoms with Gasteiger partial charge in [-0.15, -0.1) is 0 Å². The molecule has 0 heterocycles. The number of carbonyl (C=O) groups excluding carboxylic acids is 1. The molecule has 0 aliphatic heterocycles. The van der Waals surface area contributed by atoms with Gasteiger partial charge in [-0.1, -0.05) is 12.2 Å². The Bertz CT molecular complexity index is 451. The summed E-state index contributed by atoms with van der Waals surface area (Å²) >= 11 is 8.32. The van der Waals surface area contributed by atoms with Gasteiger partial charge < -0.3 is 16.4 Å². The molecule has 1 aromatic carbocycles. The van der Waals surface area contributed by atoms with Crippen LogP contribution < -0.4 is 16.4 Å². The highest BCUT2D eigenvalue weighted by atomic mass is 79.9. The van der Waals surface area contributed by atoms with E-state index in [-0.39, 0.29) is 5.91 Å². The van der Waals surface area contributed by atoms with E-state index in [0.29, 0.717) is 24.5 Å². The number of amides is 1. The number of nitrogens with two attached hydrogens (primary N) is 1. The largest absolute Gasteiger partial charge is 0.389 e. The Morgan fingerprint density at radius 1 is 1.50 bits per heavy atom. The van der Waals surface area contributed by atoms with Gasteiger partial charge in [0.2, 0.25) is 5.91 Å². The number of hydrogen-bond acceptors (Lipinski definition) is 3. The molecule has 0 bridgehead atoms. The predicted molar refractivity (Wildman–Crippen MR) is 81.8 cm³/mol. The molecule has 0 aromatic heterocycles. The average molecular weight is 330 g/mol. The molecular weight excluding hydrogens is 314 g/mol. The summed E-state index contributed by atoms with van der Waals surface area (Å²) in [6, 6.07) is 5.63. The monoisotopic (exact) mass is 329 g/mol. The maximum Gasteiger partial charge on any atom is 0.221 e. The summed E-state index contributed by atoms with van der Waals surface area (Å²) in [5.74, 6) is 0.0452. The molecule has 1 amide bonds. The van der Waals surface area contributed by atoms with Crippen molar-refractivity contribution in [2.45, 2.75) is 13.3 Å². The molecule has 0 aliphatic rings. The molecule has 1 rings (SSSR count). The van der Waals surface area contributed by atoms with Gasteiger partial charge in [0.05, 0.1) is 0 Å². The number of carbonyl (C=O) groups is 1. The number of benzene rings is 1. The third kappa shape index (κ3) is 4.62. The minimum atomic E-state index is 0.0452. The number of anilines is 1. The Hall–Kier alpha value is -1.14. The Kier molecular flexibility index (Phi) is 6.07. The fraction of sp³-hybridized carbons (Fsp3) is 0.333. The molecule has 0 fully saturated rings. The van der Waals surface area contributed by atoms with Gasteiger partial charge in [0.1, 0.15) is 4.99 Å². The van der Waals surface area contributed by atoms with Crippen molar-refractivity contribution in [1.29, 1.82) is 0 Å². The molecule has 0 radical (unpaired) electrons. The van der Waals surface area contributed by atoms with Crippen LogP contribution in [0.3, 0.4) is 0 Å². The maximum atomic E-state index is 11.2. The van der Waals surface area contributed by atoms with Crippen molar-refractivity contribution in [3.63, 3.8) is 0 Å². The standard InChI is InChI=1S/C12H16BrN3OS/c1-2-15-11(17)5-6-16-8-3-4-9(12(14)18)10(13)7-8/h3-4,7,16H,2,5-6H2,1H3,(H2,14,18)(H,15,17). The third-order valence-electron chi connectivity index (χ3n) is 2.29. The van der Waals surface area contributed by atoms with Gasteiger partial charge in [-0.05, 0) is 41.1 Å². The second-order valence-electron chi connectivity index (χ2n) is 3.69. The van der Waals surface area contributed by atoms with E-state index in [4.69, 9.17) is 18.0 Å². The van der Waals surface area contributed by atoms with E-state index in [9.17, 15) is 4.79 Å². The van der Waals surface area contributed by atoms with E-state index in [1.165, 1.54) is 0 Å². The van der Waals surface area contributed by atoms with E-state index in [0.717, 1.165) is 15.7 Å². The summed E-state index contributed by atoms with van der Waals surface area (Å²) in [6.07, 6.45) is 0.447. The van der Waals surface area contributed by atoms with E-state index in [1.807, 2.05) is 25.1 Å². The van der Waals surface area contributed by atoms with Crippen LogP contribution in [0.4, 0.5) is 5.69 Å². The third-order valence-corrected chi connectivity index (χ3v) is 3.17. The van der Waals surface area contributed by atoms with Crippen molar-refractivity contribution < 1.29 is 4.79 Å². The molecule has 0 saturated heterocycles. The van der Waals surface area contributed by atoms with E-state index in [2.05, 4.69) is 26.6 Å². The zero-order chi connectivity index (χ0) is 13.5. The summed E-state index contributed by atoms with van der Waals surface area (Å²) in [7, 11) is 0. The molecule has 4 nitrogen and oxygen atoms in total. The van der Waals surface area contributed by atoms with Crippen LogP contribution in [-0.4, -0.2) is 24.0 Å². The first kappa shape index (κ1) is 14.9. The van der Waals surface area contributed by atoms with E-state index < -0.39 is 0 Å². The van der Waals surface area contributed by atoms with Crippen molar-refractivity contribution >= 4 is 44.7 Å². The van der Waals surface area contributed by atoms with Crippen LogP contribution in [0.25, 0.3) is 0 Å². The van der Waals surface area contributed by atoms with Crippen molar-refractivity contribution in [1.82, 2.24) is 5.32 Å². The number of thiocarbonyl (C=S) groups is 1. The van der Waals surface area contributed by atoms with Gasteiger partial charge in [-0.25, -0.2) is 0 Å². The summed E-state index contributed by atoms with van der Waals surface area (Å²) in [6.45, 7) is 3.15. The lowest BCUT2D eigenvalue weighted by atomic mass is 10.2. The highest BCUT2D eigenvalue weighted by Crippen LogP contribution is 2.21. The van der Waals surface area contributed by atoms with Gasteiger partial charge in [0.15, 0.2) is 0 Å². The molecule has 4 N–H and O–H groups in total. The molecular formula is C12H16BrN3OS. The SMILES string of the molecule is CCNC(=O)CCNc1ccc(C(N)=S)c(Br)c1. The van der Waals surface area contributed by atoms with Crippen molar-refractivity contribution in [3.8, 4) is 0 Å². The summed E-state index contributed by atoms with van der Waals surface area (Å²) in [5, 5.41) is 5.91. The summed E-state index contributed by atoms with van der Waals surface area (Å²) in [5.41, 5.74) is 7.29. The first-order valence-corrected chi connectivity index (χ1v) is 6.84. The topological polar surface area (TPSA) is 67.2 Å². The van der Waals surface area contributed by atoms with Crippen LogP contribution >= 0.6 is 28.1 Å². The number of rotatable bonds is 6. The minimum Gasteiger partial charge on any atom is -0.389 e. The van der Waals surface area contributed by atoms with Crippen LogP contribution in [0.15, 0.2) is 22.7 Å². The van der Waals surface area contributed by atoms with Crippen LogP contribution in [0, 0.1) is 0 Å². The van der Waals surface area contributed by atoms with Crippen molar-refractivity contribution in [3.05, 3.63) is 28.2 Å². The van der Waals surface area contributed by atoms with Crippen LogP contribution in [0.1, 0.15) is 18.9 Å². The lowest BCUT2D eigenvalue weighted by Gasteiger charge is -2.09. The fourth-order valence-corrected chi connectivity index (χ4v) is 2.33. The molecule has 0 spiro atoms. The van der Waals surface area contributed by atoms with Crippen LogP contribution in [-0.2, 0) is 4.79 Å². The van der Waals surface area contributed by atoms with Crippen molar-refractivity contribution in [2.75, 3.05) is 18.4 Å². The molecule has 98 valence electrons. The van der Waals surface area contributed by atoms with E-state index in [1.54, 1.807) is 0 Å². The normalized spacial score (nSPS) is 9.89. The molecule has 18 heavy (non-hydrogen) atoms. The molecule has 1 aromatic rings. The number of nitrogens with one attached hydrogen (secondary N) is 2. The molecule has 0 atom stereocenters. The fourth-order valence-electron chi connectivity index (χ4n) is 1.43. The number of hydrogen-bond donors (Lipinski definition) is 3. The zero-order valence-corrected chi connectivity index (χ0v) is 12.5. The average Bonchev–Trinajstić information content (AvgIpc) is 2.29. The molecule has 0 saturated carbocycles. The smallest absolute Gasteiger partial charge is 0.221 e. The van der Waals surface area contributed by atoms with Gasteiger partial charge >= 0.3 is 0 Å². The molecule has 0 unspecified atom stereocenters. The number of halogens is 1. The molecule has 0 aliphatic carbocycles. The highest BCUT2D eigenvalue weighted by molar-refractivity contribution is 9.10. The van der Waals surface area contributed by atoms with Gasteiger partial charge in [0.25, 0.3) is 0 Å². The molecule has 6 heteroatoms. The second-order valence-corrected chi connectivity index (χ2v) is 4.98. The first-order chi connectivity index (χ1) is 8.54. The minimum absolute atomic E-state index is 0.0452. The zero-order valence-electron chi connectivity index (χ0n) is 10.1. The summed E-state index contributed by atoms with van der Waals surface area (Å²) in [4.78, 5) is 11.6. The Balaban J connectivity index is 2.51. The van der Waals surface area contributed by atoms with E-state index >= 15 is 0 Å². The Morgan fingerprint density at radius 3 is 2.78 bits per heavy atom. The lowest BCUT2D eigenvalue weighted by molar-refractivity contribution is -0.120. The highest BCUT2D eigenvalue weighted by Gasteiger charge is 2.04. The Labute approximate surface area is 120 Å². The van der Waals surface area contributed by atoms with Gasteiger partial charge in [-0.3, -0.25) is 4.79 Å². The lowest BCUT2D eigenvalue weighted by Crippen LogP contribution is -2.24. The van der Waals surface area contributed by atoms with Crippen molar-refractivity contribution in [2.24, 2.45) is 5.73 Å². The summed E-state index contributed by atoms with van der Waals surface area (Å²) < 4.78 is 0.845. The predicted octanol–water partition coefficient (Wildman–Crippen LogP) is 2.02. The quantitative estimate of drug-likeness (QED) is 0.698. The first-order valence-electron chi connectivity index (χ1n) is 5.64. The van der Waals surface area contributed by atoms with Crippen LogP contribution in [0.5, 0.6) is 0 Å². The maximum absolute atomic E-state index is 11.2. The van der Waals surface area contributed by atoms with Crippen LogP contribution in [0.2, 0.25) is 0 Å².